The number of amides is 2. The Morgan fingerprint density at radius 2 is 1.77 bits per heavy atom. The van der Waals surface area contributed by atoms with E-state index in [9.17, 15) is 14.4 Å². The van der Waals surface area contributed by atoms with Gasteiger partial charge in [-0.1, -0.05) is 48.5 Å². The lowest BCUT2D eigenvalue weighted by molar-refractivity contribution is -0.122. The summed E-state index contributed by atoms with van der Waals surface area (Å²) in [6.45, 7) is 2.08. The van der Waals surface area contributed by atoms with Crippen LogP contribution < -0.4 is 15.8 Å². The summed E-state index contributed by atoms with van der Waals surface area (Å²) in [4.78, 5) is 39.3. The fraction of sp³-hybridized carbons (Fsp3) is 0.217. The quantitative estimate of drug-likeness (QED) is 0.709. The van der Waals surface area contributed by atoms with Gasteiger partial charge in [-0.3, -0.25) is 14.4 Å². The SMILES string of the molecule is CC1Cc2ccccc2N1C(=O)c1ccc(=O)n(CC(=O)NCc2ccccc2)n1. The molecule has 7 heteroatoms. The van der Waals surface area contributed by atoms with Gasteiger partial charge in [0.25, 0.3) is 11.5 Å². The van der Waals surface area contributed by atoms with Crippen LogP contribution in [-0.2, 0) is 24.3 Å². The molecule has 1 N–H and O–H groups in total. The lowest BCUT2D eigenvalue weighted by Crippen LogP contribution is -2.38. The van der Waals surface area contributed by atoms with Crippen molar-refractivity contribution in [1.82, 2.24) is 15.1 Å². The second-order valence-corrected chi connectivity index (χ2v) is 7.33. The fourth-order valence-electron chi connectivity index (χ4n) is 3.66. The molecule has 30 heavy (non-hydrogen) atoms. The number of carbonyl (C=O) groups excluding carboxylic acids is 2. The molecular formula is C23H22N4O3. The average Bonchev–Trinajstić information content (AvgIpc) is 3.09. The Balaban J connectivity index is 1.50. The number of nitrogens with one attached hydrogen (secondary N) is 1. The van der Waals surface area contributed by atoms with Gasteiger partial charge in [0.1, 0.15) is 12.2 Å². The molecule has 4 rings (SSSR count). The zero-order valence-electron chi connectivity index (χ0n) is 16.6. The summed E-state index contributed by atoms with van der Waals surface area (Å²) in [7, 11) is 0. The summed E-state index contributed by atoms with van der Waals surface area (Å²) in [5.74, 6) is -0.635. The molecule has 2 amide bonds. The summed E-state index contributed by atoms with van der Waals surface area (Å²) in [5.41, 5.74) is 2.61. The second kappa shape index (κ2) is 8.32. The van der Waals surface area contributed by atoms with E-state index < -0.39 is 5.56 Å². The van der Waals surface area contributed by atoms with Gasteiger partial charge >= 0.3 is 0 Å². The largest absolute Gasteiger partial charge is 0.350 e. The molecule has 0 fully saturated rings. The number of hydrogen-bond donors (Lipinski definition) is 1. The number of carbonyl (C=O) groups is 2. The molecule has 0 radical (unpaired) electrons. The van der Waals surface area contributed by atoms with Crippen molar-refractivity contribution in [2.75, 3.05) is 4.90 Å². The first kappa shape index (κ1) is 19.6. The van der Waals surface area contributed by atoms with Crippen LogP contribution in [-0.4, -0.2) is 27.6 Å². The Bertz CT molecular complexity index is 1140. The average molecular weight is 402 g/mol. The Kier molecular flexibility index (Phi) is 5.43. The van der Waals surface area contributed by atoms with Crippen LogP contribution in [0.25, 0.3) is 0 Å². The highest BCUT2D eigenvalue weighted by molar-refractivity contribution is 6.06. The van der Waals surface area contributed by atoms with Crippen LogP contribution in [0.3, 0.4) is 0 Å². The lowest BCUT2D eigenvalue weighted by atomic mass is 10.1. The van der Waals surface area contributed by atoms with Gasteiger partial charge in [0.05, 0.1) is 0 Å². The molecule has 1 aromatic heterocycles. The third kappa shape index (κ3) is 4.00. The summed E-state index contributed by atoms with van der Waals surface area (Å²) in [5, 5.41) is 6.94. The van der Waals surface area contributed by atoms with Gasteiger partial charge in [0.15, 0.2) is 0 Å². The van der Waals surface area contributed by atoms with Crippen LogP contribution in [0, 0.1) is 0 Å². The maximum atomic E-state index is 13.1. The summed E-state index contributed by atoms with van der Waals surface area (Å²) >= 11 is 0. The fourth-order valence-corrected chi connectivity index (χ4v) is 3.66. The Labute approximate surface area is 174 Å². The number of anilines is 1. The van der Waals surface area contributed by atoms with E-state index in [0.29, 0.717) is 6.54 Å². The van der Waals surface area contributed by atoms with E-state index >= 15 is 0 Å². The summed E-state index contributed by atoms with van der Waals surface area (Å²) in [6, 6.07) is 19.9. The molecule has 0 aliphatic carbocycles. The highest BCUT2D eigenvalue weighted by Gasteiger charge is 2.32. The van der Waals surface area contributed by atoms with Crippen molar-refractivity contribution in [3.63, 3.8) is 0 Å². The molecule has 2 heterocycles. The van der Waals surface area contributed by atoms with Gasteiger partial charge in [0.2, 0.25) is 5.91 Å². The molecule has 152 valence electrons. The smallest absolute Gasteiger partial charge is 0.278 e. The maximum absolute atomic E-state index is 13.1. The van der Waals surface area contributed by atoms with Crippen molar-refractivity contribution in [1.29, 1.82) is 0 Å². The topological polar surface area (TPSA) is 84.3 Å². The Morgan fingerprint density at radius 1 is 1.03 bits per heavy atom. The van der Waals surface area contributed by atoms with Crippen LogP contribution in [0.4, 0.5) is 5.69 Å². The van der Waals surface area contributed by atoms with Gasteiger partial charge in [-0.05, 0) is 36.6 Å². The Morgan fingerprint density at radius 3 is 2.57 bits per heavy atom. The van der Waals surface area contributed by atoms with Crippen LogP contribution in [0.2, 0.25) is 0 Å². The van der Waals surface area contributed by atoms with E-state index in [-0.39, 0.29) is 30.1 Å². The van der Waals surface area contributed by atoms with E-state index in [0.717, 1.165) is 27.9 Å². The van der Waals surface area contributed by atoms with Gasteiger partial charge in [-0.25, -0.2) is 4.68 Å². The van der Waals surface area contributed by atoms with Crippen LogP contribution >= 0.6 is 0 Å². The zero-order valence-corrected chi connectivity index (χ0v) is 16.6. The standard InChI is InChI=1S/C23H22N4O3/c1-16-13-18-9-5-6-10-20(18)27(16)23(30)19-11-12-22(29)26(25-19)15-21(28)24-14-17-7-3-2-4-8-17/h2-12,16H,13-15H2,1H3,(H,24,28). The molecule has 1 atom stereocenters. The highest BCUT2D eigenvalue weighted by Crippen LogP contribution is 2.32. The molecular weight excluding hydrogens is 380 g/mol. The molecule has 1 unspecified atom stereocenters. The molecule has 2 aromatic carbocycles. The van der Waals surface area contributed by atoms with E-state index in [1.54, 1.807) is 4.90 Å². The van der Waals surface area contributed by atoms with Crippen molar-refractivity contribution in [2.45, 2.75) is 32.5 Å². The minimum Gasteiger partial charge on any atom is -0.350 e. The van der Waals surface area contributed by atoms with Crippen LogP contribution in [0.15, 0.2) is 71.5 Å². The predicted molar refractivity (Wildman–Crippen MR) is 113 cm³/mol. The molecule has 0 bridgehead atoms. The number of aromatic nitrogens is 2. The van der Waals surface area contributed by atoms with Gasteiger partial charge in [-0.2, -0.15) is 5.10 Å². The maximum Gasteiger partial charge on any atom is 0.278 e. The second-order valence-electron chi connectivity index (χ2n) is 7.33. The van der Waals surface area contributed by atoms with Gasteiger partial charge in [0, 0.05) is 24.3 Å². The first-order valence-corrected chi connectivity index (χ1v) is 9.83. The molecule has 7 nitrogen and oxygen atoms in total. The molecule has 1 aliphatic heterocycles. The molecule has 0 spiro atoms. The monoisotopic (exact) mass is 402 g/mol. The van der Waals surface area contributed by atoms with Crippen molar-refractivity contribution in [3.8, 4) is 0 Å². The lowest BCUT2D eigenvalue weighted by Gasteiger charge is -2.22. The van der Waals surface area contributed by atoms with Gasteiger partial charge in [-0.15, -0.1) is 0 Å². The van der Waals surface area contributed by atoms with E-state index in [2.05, 4.69) is 10.4 Å². The van der Waals surface area contributed by atoms with Crippen LogP contribution in [0.5, 0.6) is 0 Å². The van der Waals surface area contributed by atoms with E-state index in [1.165, 1.54) is 12.1 Å². The molecule has 0 saturated heterocycles. The number of fused-ring (bicyclic) bond motifs is 1. The highest BCUT2D eigenvalue weighted by atomic mass is 16.2. The minimum atomic E-state index is -0.434. The normalized spacial score (nSPS) is 15.0. The number of benzene rings is 2. The molecule has 3 aromatic rings. The first-order valence-electron chi connectivity index (χ1n) is 9.83. The van der Waals surface area contributed by atoms with Crippen molar-refractivity contribution < 1.29 is 9.59 Å². The minimum absolute atomic E-state index is 0.00810. The number of nitrogens with zero attached hydrogens (tertiary/aromatic N) is 3. The summed E-state index contributed by atoms with van der Waals surface area (Å²) < 4.78 is 1.03. The molecule has 1 aliphatic rings. The van der Waals surface area contributed by atoms with E-state index in [4.69, 9.17) is 0 Å². The van der Waals surface area contributed by atoms with Crippen molar-refractivity contribution in [2.24, 2.45) is 0 Å². The number of para-hydroxylation sites is 1. The predicted octanol–water partition coefficient (Wildman–Crippen LogP) is 2.15. The van der Waals surface area contributed by atoms with Gasteiger partial charge < -0.3 is 10.2 Å². The van der Waals surface area contributed by atoms with Crippen molar-refractivity contribution in [3.05, 3.63) is 93.9 Å². The Hall–Kier alpha value is -3.74. The third-order valence-corrected chi connectivity index (χ3v) is 5.14. The number of hydrogen-bond acceptors (Lipinski definition) is 4. The third-order valence-electron chi connectivity index (χ3n) is 5.14. The summed E-state index contributed by atoms with van der Waals surface area (Å²) in [6.07, 6.45) is 0.767. The van der Waals surface area contributed by atoms with Crippen LogP contribution in [0.1, 0.15) is 28.5 Å². The number of rotatable bonds is 5. The zero-order chi connectivity index (χ0) is 21.1. The van der Waals surface area contributed by atoms with E-state index in [1.807, 2.05) is 61.5 Å². The first-order chi connectivity index (χ1) is 14.5. The molecule has 0 saturated carbocycles. The van der Waals surface area contributed by atoms with Crippen molar-refractivity contribution >= 4 is 17.5 Å².